The predicted molar refractivity (Wildman–Crippen MR) is 247 cm³/mol. The van der Waals surface area contributed by atoms with Crippen LogP contribution in [0.3, 0.4) is 0 Å². The molecule has 1 aromatic carbocycles. The molecule has 0 aliphatic carbocycles. The molecule has 1 aliphatic heterocycles. The molecule has 16 nitrogen and oxygen atoms in total. The number of methoxy groups -OCH3 is 2. The zero-order valence-electron chi connectivity index (χ0n) is 41.5. The molecule has 1 aromatic rings. The number of likely N-dealkylation sites (tertiary alicyclic amines) is 1. The van der Waals surface area contributed by atoms with Gasteiger partial charge in [0, 0.05) is 53.2 Å². The molecule has 64 heavy (non-hydrogen) atoms. The van der Waals surface area contributed by atoms with E-state index in [9.17, 15) is 33.9 Å². The van der Waals surface area contributed by atoms with Crippen LogP contribution < -0.4 is 16.4 Å². The van der Waals surface area contributed by atoms with Crippen LogP contribution >= 0.6 is 0 Å². The van der Waals surface area contributed by atoms with Gasteiger partial charge in [-0.05, 0) is 78.2 Å². The molecule has 0 bridgehead atoms. The third-order valence-corrected chi connectivity index (χ3v) is 12.9. The van der Waals surface area contributed by atoms with Crippen molar-refractivity contribution in [2.24, 2.45) is 23.5 Å². The lowest BCUT2D eigenvalue weighted by atomic mass is 9.89. The van der Waals surface area contributed by atoms with Crippen LogP contribution in [-0.2, 0) is 49.4 Å². The van der Waals surface area contributed by atoms with Gasteiger partial charge in [-0.2, -0.15) is 0 Å². The van der Waals surface area contributed by atoms with E-state index in [0.717, 1.165) is 5.56 Å². The summed E-state index contributed by atoms with van der Waals surface area (Å²) in [5.41, 5.74) is 4.40. The Morgan fingerprint density at radius 1 is 0.938 bits per heavy atom. The summed E-state index contributed by atoms with van der Waals surface area (Å²) in [6.45, 7) is 20.9. The summed E-state index contributed by atoms with van der Waals surface area (Å²) in [5, 5.41) is 15.6. The molecular weight excluding hydrogens is 821 g/mol. The van der Waals surface area contributed by atoms with Crippen LogP contribution in [0, 0.1) is 17.8 Å². The van der Waals surface area contributed by atoms with Crippen LogP contribution in [0.25, 0.3) is 0 Å². The number of rotatable bonds is 26. The molecule has 0 saturated carbocycles. The van der Waals surface area contributed by atoms with Crippen molar-refractivity contribution < 1.29 is 48.1 Å². The molecule has 8 atom stereocenters. The molecule has 0 aromatic heterocycles. The summed E-state index contributed by atoms with van der Waals surface area (Å²) < 4.78 is 17.9. The zero-order valence-corrected chi connectivity index (χ0v) is 41.5. The van der Waals surface area contributed by atoms with Crippen LogP contribution in [0.1, 0.15) is 120 Å². The van der Waals surface area contributed by atoms with Gasteiger partial charge in [-0.3, -0.25) is 24.0 Å². The zero-order chi connectivity index (χ0) is 48.9. The Balaban J connectivity index is 2.25. The van der Waals surface area contributed by atoms with Crippen molar-refractivity contribution in [3.05, 3.63) is 35.9 Å². The summed E-state index contributed by atoms with van der Waals surface area (Å²) in [6, 6.07) is 5.91. The molecular formula is C48H82N6O10. The van der Waals surface area contributed by atoms with Gasteiger partial charge in [-0.1, -0.05) is 71.4 Å². The van der Waals surface area contributed by atoms with Crippen molar-refractivity contribution >= 4 is 35.5 Å². The normalized spacial score (nSPS) is 18.0. The van der Waals surface area contributed by atoms with Gasteiger partial charge < -0.3 is 50.4 Å². The number of carbonyl (C=O) groups excluding carboxylic acids is 5. The van der Waals surface area contributed by atoms with Gasteiger partial charge in [0.05, 0.1) is 48.8 Å². The lowest BCUT2D eigenvalue weighted by Gasteiger charge is -2.41. The Hall–Kier alpha value is -4.12. The summed E-state index contributed by atoms with van der Waals surface area (Å²) in [5.74, 6) is -4.23. The van der Waals surface area contributed by atoms with E-state index in [-0.39, 0.29) is 48.8 Å². The second kappa shape index (κ2) is 24.4. The third kappa shape index (κ3) is 15.8. The number of hydrogen-bond donors (Lipinski definition) is 4. The van der Waals surface area contributed by atoms with Gasteiger partial charge in [0.25, 0.3) is 0 Å². The standard InChI is InChI=1S/C48H82N6O10/c1-16-31(4)40(52(12)43(58)39(30(2)3)51-45(61)48(10,11)53(13)37(55)24-25-47(8,9)64-29-46(6,7)49)36(62-14)28-38(56)54-26-20-23-35(54)41(63-15)32(5)42(57)50-34(44(59)60)27-33-21-18-17-19-22-33/h17-19,21-22,30-32,34-36,39-41H,16,20,23-29,49H2,1-15H3,(H,50,57)(H,51,61)(H,59,60). The Kier molecular flexibility index (Phi) is 21.4. The highest BCUT2D eigenvalue weighted by molar-refractivity contribution is 5.94. The van der Waals surface area contributed by atoms with E-state index in [1.165, 1.54) is 19.1 Å². The van der Waals surface area contributed by atoms with E-state index in [0.29, 0.717) is 38.8 Å². The van der Waals surface area contributed by atoms with Crippen molar-refractivity contribution in [2.75, 3.05) is 41.5 Å². The maximum atomic E-state index is 14.5. The Morgan fingerprint density at radius 3 is 2.06 bits per heavy atom. The molecule has 2 rings (SSSR count). The fourth-order valence-electron chi connectivity index (χ4n) is 8.20. The van der Waals surface area contributed by atoms with Crippen molar-refractivity contribution in [3.8, 4) is 0 Å². The minimum Gasteiger partial charge on any atom is -0.480 e. The van der Waals surface area contributed by atoms with E-state index in [1.807, 2.05) is 73.6 Å². The van der Waals surface area contributed by atoms with E-state index < -0.39 is 76.8 Å². The summed E-state index contributed by atoms with van der Waals surface area (Å²) in [6.07, 6.45) is 1.03. The number of amides is 5. The molecule has 8 unspecified atom stereocenters. The molecule has 1 fully saturated rings. The number of hydrogen-bond acceptors (Lipinski definition) is 10. The maximum absolute atomic E-state index is 14.5. The minimum atomic E-state index is -1.31. The van der Waals surface area contributed by atoms with Crippen LogP contribution in [0.4, 0.5) is 0 Å². The van der Waals surface area contributed by atoms with E-state index in [1.54, 1.807) is 56.8 Å². The number of nitrogens with zero attached hydrogens (tertiary/aromatic N) is 3. The number of carboxylic acid groups (broad SMARTS) is 1. The lowest BCUT2D eigenvalue weighted by molar-refractivity contribution is -0.150. The van der Waals surface area contributed by atoms with Gasteiger partial charge >= 0.3 is 5.97 Å². The number of ether oxygens (including phenoxy) is 3. The predicted octanol–water partition coefficient (Wildman–Crippen LogP) is 4.41. The van der Waals surface area contributed by atoms with E-state index in [2.05, 4.69) is 10.6 Å². The van der Waals surface area contributed by atoms with Gasteiger partial charge in [-0.25, -0.2) is 4.79 Å². The van der Waals surface area contributed by atoms with Gasteiger partial charge in [0.1, 0.15) is 17.6 Å². The second-order valence-corrected chi connectivity index (χ2v) is 19.9. The molecule has 16 heteroatoms. The van der Waals surface area contributed by atoms with Crippen LogP contribution in [-0.4, -0.2) is 150 Å². The van der Waals surface area contributed by atoms with E-state index in [4.69, 9.17) is 19.9 Å². The number of nitrogens with two attached hydrogens (primary N) is 1. The third-order valence-electron chi connectivity index (χ3n) is 12.9. The van der Waals surface area contributed by atoms with Gasteiger partial charge in [-0.15, -0.1) is 0 Å². The first kappa shape index (κ1) is 56.0. The molecule has 364 valence electrons. The Bertz CT molecular complexity index is 1700. The first-order chi connectivity index (χ1) is 29.6. The molecule has 5 amide bonds. The quantitative estimate of drug-likeness (QED) is 0.102. The van der Waals surface area contributed by atoms with Crippen molar-refractivity contribution in [2.45, 2.75) is 174 Å². The number of benzene rings is 1. The van der Waals surface area contributed by atoms with Crippen LogP contribution in [0.2, 0.25) is 0 Å². The highest BCUT2D eigenvalue weighted by Gasteiger charge is 2.44. The van der Waals surface area contributed by atoms with Crippen molar-refractivity contribution in [3.63, 3.8) is 0 Å². The smallest absolute Gasteiger partial charge is 0.326 e. The number of carboxylic acids is 1. The minimum absolute atomic E-state index is 0.0702. The first-order valence-electron chi connectivity index (χ1n) is 22.8. The summed E-state index contributed by atoms with van der Waals surface area (Å²) in [4.78, 5) is 86.7. The Morgan fingerprint density at radius 2 is 1.55 bits per heavy atom. The molecule has 5 N–H and O–H groups in total. The fourth-order valence-corrected chi connectivity index (χ4v) is 8.20. The molecule has 1 saturated heterocycles. The summed E-state index contributed by atoms with van der Waals surface area (Å²) >= 11 is 0. The SMILES string of the molecule is CCC(C)C(C(CC(=O)N1CCCC1C(OC)C(C)C(=O)NC(Cc1ccccc1)C(=O)O)OC)N(C)C(=O)C(NC(=O)C(C)(C)N(C)C(=O)CCC(C)(C)OCC(C)(C)N)C(C)C. The highest BCUT2D eigenvalue weighted by Crippen LogP contribution is 2.30. The largest absolute Gasteiger partial charge is 0.480 e. The van der Waals surface area contributed by atoms with Crippen LogP contribution in [0.5, 0.6) is 0 Å². The highest BCUT2D eigenvalue weighted by atomic mass is 16.5. The number of likely N-dealkylation sites (N-methyl/N-ethyl adjacent to an activating group) is 2. The van der Waals surface area contributed by atoms with Crippen molar-refractivity contribution in [1.29, 1.82) is 0 Å². The monoisotopic (exact) mass is 903 g/mol. The summed E-state index contributed by atoms with van der Waals surface area (Å²) in [7, 11) is 6.23. The molecule has 1 aliphatic rings. The van der Waals surface area contributed by atoms with Gasteiger partial charge in [0.15, 0.2) is 0 Å². The van der Waals surface area contributed by atoms with Crippen molar-refractivity contribution in [1.82, 2.24) is 25.3 Å². The topological polar surface area (TPSA) is 210 Å². The lowest BCUT2D eigenvalue weighted by Crippen LogP contribution is -2.62. The maximum Gasteiger partial charge on any atom is 0.326 e. The Labute approximate surface area is 383 Å². The average molecular weight is 903 g/mol. The molecule has 0 spiro atoms. The van der Waals surface area contributed by atoms with Gasteiger partial charge in [0.2, 0.25) is 29.5 Å². The number of aliphatic carboxylic acids is 1. The average Bonchev–Trinajstić information content (AvgIpc) is 3.72. The fraction of sp³-hybridized carbons (Fsp3) is 0.750. The molecule has 1 heterocycles. The number of nitrogens with one attached hydrogen (secondary N) is 2. The second-order valence-electron chi connectivity index (χ2n) is 19.9. The molecule has 0 radical (unpaired) electrons. The number of carbonyl (C=O) groups is 6. The first-order valence-corrected chi connectivity index (χ1v) is 22.8. The van der Waals surface area contributed by atoms with E-state index >= 15 is 0 Å². The van der Waals surface area contributed by atoms with Crippen LogP contribution in [0.15, 0.2) is 30.3 Å².